The van der Waals surface area contributed by atoms with Crippen LogP contribution in [0.5, 0.6) is 0 Å². The molecule has 0 unspecified atom stereocenters. The monoisotopic (exact) mass is 453 g/mol. The fourth-order valence-corrected chi connectivity index (χ4v) is 5.43. The molecule has 0 aliphatic carbocycles. The van der Waals surface area contributed by atoms with Crippen LogP contribution in [0.15, 0.2) is 59.6 Å². The fourth-order valence-electron chi connectivity index (χ4n) is 3.94. The molecule has 0 radical (unpaired) electrons. The highest BCUT2D eigenvalue weighted by Crippen LogP contribution is 2.23. The number of sulfonamides is 1. The Morgan fingerprint density at radius 3 is 2.41 bits per heavy atom. The largest absolute Gasteiger partial charge is 0.352 e. The fraction of sp³-hybridized carbons (Fsp3) is 0.348. The van der Waals surface area contributed by atoms with E-state index in [1.165, 1.54) is 4.31 Å². The first-order valence-corrected chi connectivity index (χ1v) is 12.1. The molecule has 0 atom stereocenters. The molecule has 1 N–H and O–H groups in total. The predicted octanol–water partition coefficient (Wildman–Crippen LogP) is 2.71. The SMILES string of the molecule is Cc1cc(C)n(-c2ccc(C(=O)NCC3CCN(S(=O)(=O)c4ccccc4)CC3)cn2)n1. The van der Waals surface area contributed by atoms with Crippen LogP contribution in [0.25, 0.3) is 5.82 Å². The van der Waals surface area contributed by atoms with E-state index in [-0.39, 0.29) is 11.8 Å². The molecule has 1 aliphatic rings. The van der Waals surface area contributed by atoms with E-state index in [4.69, 9.17) is 0 Å². The van der Waals surface area contributed by atoms with Gasteiger partial charge in [-0.1, -0.05) is 18.2 Å². The second-order valence-electron chi connectivity index (χ2n) is 8.11. The van der Waals surface area contributed by atoms with Gasteiger partial charge in [0.05, 0.1) is 16.2 Å². The number of rotatable bonds is 6. The summed E-state index contributed by atoms with van der Waals surface area (Å²) in [4.78, 5) is 17.2. The van der Waals surface area contributed by atoms with Crippen LogP contribution in [-0.4, -0.2) is 53.0 Å². The summed E-state index contributed by atoms with van der Waals surface area (Å²) in [7, 11) is -3.46. The number of piperidine rings is 1. The van der Waals surface area contributed by atoms with E-state index in [0.29, 0.717) is 48.8 Å². The highest BCUT2D eigenvalue weighted by Gasteiger charge is 2.29. The van der Waals surface area contributed by atoms with Crippen LogP contribution in [-0.2, 0) is 10.0 Å². The average molecular weight is 454 g/mol. The van der Waals surface area contributed by atoms with Gasteiger partial charge in [0.2, 0.25) is 10.0 Å². The Morgan fingerprint density at radius 2 is 1.81 bits per heavy atom. The quantitative estimate of drug-likeness (QED) is 0.619. The summed E-state index contributed by atoms with van der Waals surface area (Å²) in [6, 6.07) is 14.0. The summed E-state index contributed by atoms with van der Waals surface area (Å²) in [5, 5.41) is 7.36. The summed E-state index contributed by atoms with van der Waals surface area (Å²) < 4.78 is 28.8. The van der Waals surface area contributed by atoms with Crippen molar-refractivity contribution in [1.29, 1.82) is 0 Å². The second-order valence-corrected chi connectivity index (χ2v) is 10.1. The lowest BCUT2D eigenvalue weighted by Gasteiger charge is -2.31. The molecule has 1 aromatic carbocycles. The van der Waals surface area contributed by atoms with Gasteiger partial charge >= 0.3 is 0 Å². The van der Waals surface area contributed by atoms with Crippen LogP contribution in [0.3, 0.4) is 0 Å². The van der Waals surface area contributed by atoms with Gasteiger partial charge in [-0.05, 0) is 62.9 Å². The van der Waals surface area contributed by atoms with Crippen molar-refractivity contribution in [2.24, 2.45) is 5.92 Å². The van der Waals surface area contributed by atoms with Crippen molar-refractivity contribution >= 4 is 15.9 Å². The van der Waals surface area contributed by atoms with Crippen LogP contribution in [0, 0.1) is 19.8 Å². The van der Waals surface area contributed by atoms with E-state index in [1.807, 2.05) is 19.9 Å². The predicted molar refractivity (Wildman–Crippen MR) is 121 cm³/mol. The lowest BCUT2D eigenvalue weighted by molar-refractivity contribution is 0.0941. The first kappa shape index (κ1) is 22.2. The van der Waals surface area contributed by atoms with E-state index in [2.05, 4.69) is 15.4 Å². The summed E-state index contributed by atoms with van der Waals surface area (Å²) in [5.41, 5.74) is 2.38. The molecule has 0 saturated carbocycles. The molecule has 32 heavy (non-hydrogen) atoms. The van der Waals surface area contributed by atoms with Crippen molar-refractivity contribution in [3.8, 4) is 5.82 Å². The Bertz CT molecular complexity index is 1180. The summed E-state index contributed by atoms with van der Waals surface area (Å²) >= 11 is 0. The number of hydrogen-bond donors (Lipinski definition) is 1. The Hall–Kier alpha value is -3.04. The van der Waals surface area contributed by atoms with Gasteiger partial charge in [-0.15, -0.1) is 0 Å². The smallest absolute Gasteiger partial charge is 0.252 e. The maximum Gasteiger partial charge on any atom is 0.252 e. The molecule has 0 spiro atoms. The third-order valence-corrected chi connectivity index (χ3v) is 7.66. The molecule has 1 amide bonds. The lowest BCUT2D eigenvalue weighted by atomic mass is 9.98. The second kappa shape index (κ2) is 9.22. The minimum absolute atomic E-state index is 0.184. The minimum Gasteiger partial charge on any atom is -0.352 e. The molecule has 8 nitrogen and oxygen atoms in total. The highest BCUT2D eigenvalue weighted by molar-refractivity contribution is 7.89. The first-order valence-electron chi connectivity index (χ1n) is 10.7. The number of pyridine rings is 1. The molecular formula is C23H27N5O3S. The number of nitrogens with one attached hydrogen (secondary N) is 1. The van der Waals surface area contributed by atoms with E-state index in [1.54, 1.807) is 53.3 Å². The number of benzene rings is 1. The lowest BCUT2D eigenvalue weighted by Crippen LogP contribution is -2.41. The zero-order chi connectivity index (χ0) is 22.7. The summed E-state index contributed by atoms with van der Waals surface area (Å²) in [5.74, 6) is 0.721. The van der Waals surface area contributed by atoms with Crippen LogP contribution >= 0.6 is 0 Å². The molecule has 0 bridgehead atoms. The molecule has 3 heterocycles. The molecule has 3 aromatic rings. The van der Waals surface area contributed by atoms with Gasteiger partial charge in [-0.3, -0.25) is 4.79 Å². The van der Waals surface area contributed by atoms with Crippen molar-refractivity contribution in [2.45, 2.75) is 31.6 Å². The average Bonchev–Trinajstić information content (AvgIpc) is 3.16. The van der Waals surface area contributed by atoms with Gasteiger partial charge in [-0.2, -0.15) is 9.40 Å². The number of hydrogen-bond acceptors (Lipinski definition) is 5. The summed E-state index contributed by atoms with van der Waals surface area (Å²) in [6.07, 6.45) is 2.97. The molecule has 1 saturated heterocycles. The van der Waals surface area contributed by atoms with Crippen molar-refractivity contribution in [1.82, 2.24) is 24.4 Å². The van der Waals surface area contributed by atoms with Crippen LogP contribution in [0.4, 0.5) is 0 Å². The topological polar surface area (TPSA) is 97.2 Å². The zero-order valence-corrected chi connectivity index (χ0v) is 19.0. The van der Waals surface area contributed by atoms with E-state index >= 15 is 0 Å². The van der Waals surface area contributed by atoms with Crippen molar-refractivity contribution in [3.05, 3.63) is 71.7 Å². The van der Waals surface area contributed by atoms with E-state index < -0.39 is 10.0 Å². The maximum absolute atomic E-state index is 12.7. The Balaban J connectivity index is 1.29. The van der Waals surface area contributed by atoms with Gasteiger partial charge in [0.25, 0.3) is 5.91 Å². The minimum atomic E-state index is -3.46. The van der Waals surface area contributed by atoms with Crippen molar-refractivity contribution < 1.29 is 13.2 Å². The molecule has 1 aliphatic heterocycles. The molecule has 1 fully saturated rings. The summed E-state index contributed by atoms with van der Waals surface area (Å²) in [6.45, 7) is 5.30. The standard InChI is InChI=1S/C23H27N5O3S/c1-17-14-18(2)28(26-17)22-9-8-20(16-24-22)23(29)25-15-19-10-12-27(13-11-19)32(30,31)21-6-4-3-5-7-21/h3-9,14,16,19H,10-13,15H2,1-2H3,(H,25,29). The van der Waals surface area contributed by atoms with Gasteiger partial charge in [-0.25, -0.2) is 18.1 Å². The highest BCUT2D eigenvalue weighted by atomic mass is 32.2. The normalized spacial score (nSPS) is 15.6. The number of aryl methyl sites for hydroxylation is 2. The molecule has 9 heteroatoms. The zero-order valence-electron chi connectivity index (χ0n) is 18.2. The first-order chi connectivity index (χ1) is 15.3. The number of carbonyl (C=O) groups excluding carboxylic acids is 1. The van der Waals surface area contributed by atoms with Crippen LogP contribution in [0.1, 0.15) is 34.6 Å². The van der Waals surface area contributed by atoms with Gasteiger partial charge < -0.3 is 5.32 Å². The van der Waals surface area contributed by atoms with Crippen molar-refractivity contribution in [3.63, 3.8) is 0 Å². The van der Waals surface area contributed by atoms with Crippen LogP contribution in [0.2, 0.25) is 0 Å². The van der Waals surface area contributed by atoms with E-state index in [0.717, 1.165) is 11.4 Å². The van der Waals surface area contributed by atoms with Gasteiger partial charge in [0.1, 0.15) is 0 Å². The third-order valence-electron chi connectivity index (χ3n) is 5.74. The molecular weight excluding hydrogens is 426 g/mol. The number of nitrogens with zero attached hydrogens (tertiary/aromatic N) is 4. The third kappa shape index (κ3) is 4.73. The maximum atomic E-state index is 12.7. The number of aromatic nitrogens is 3. The van der Waals surface area contributed by atoms with Gasteiger partial charge in [0.15, 0.2) is 5.82 Å². The van der Waals surface area contributed by atoms with Crippen LogP contribution < -0.4 is 5.32 Å². The number of carbonyl (C=O) groups is 1. The Kier molecular flexibility index (Phi) is 6.38. The molecule has 2 aromatic heterocycles. The molecule has 168 valence electrons. The Morgan fingerprint density at radius 1 is 1.09 bits per heavy atom. The Labute approximate surface area is 188 Å². The van der Waals surface area contributed by atoms with E-state index in [9.17, 15) is 13.2 Å². The van der Waals surface area contributed by atoms with Crippen molar-refractivity contribution in [2.75, 3.05) is 19.6 Å². The molecule has 4 rings (SSSR count). The van der Waals surface area contributed by atoms with Gasteiger partial charge in [0, 0.05) is 31.5 Å². The number of amides is 1.